The molecule has 1 aliphatic rings. The number of H-pyrrole nitrogens is 1. The van der Waals surface area contributed by atoms with Crippen LogP contribution < -0.4 is 16.2 Å². The fraction of sp³-hybridized carbons (Fsp3) is 0.684. The summed E-state index contributed by atoms with van der Waals surface area (Å²) >= 11 is 0. The first-order chi connectivity index (χ1) is 12.8. The molecule has 3 N–H and O–H groups in total. The van der Waals surface area contributed by atoms with E-state index in [0.29, 0.717) is 18.8 Å². The fourth-order valence-electron chi connectivity index (χ4n) is 3.07. The van der Waals surface area contributed by atoms with Crippen LogP contribution in [0.3, 0.4) is 0 Å². The van der Waals surface area contributed by atoms with E-state index in [0.717, 1.165) is 49.7 Å². The maximum atomic E-state index is 12.1. The molecule has 27 heavy (non-hydrogen) atoms. The Balaban J connectivity index is 1.67. The number of rotatable bonds is 7. The zero-order chi connectivity index (χ0) is 19.9. The van der Waals surface area contributed by atoms with Crippen LogP contribution in [0, 0.1) is 0 Å². The number of hydrogen-bond acceptors (Lipinski definition) is 5. The van der Waals surface area contributed by atoms with Gasteiger partial charge in [-0.1, -0.05) is 0 Å². The number of unbranched alkanes of at least 4 members (excludes halogenated alkanes) is 1. The number of hydrogen-bond donors (Lipinski definition) is 3. The van der Waals surface area contributed by atoms with Crippen molar-refractivity contribution in [3.8, 4) is 0 Å². The Labute approximate surface area is 159 Å². The Morgan fingerprint density at radius 2 is 1.70 bits per heavy atom. The first-order valence-electron chi connectivity index (χ1n) is 9.59. The van der Waals surface area contributed by atoms with Crippen molar-refractivity contribution in [3.63, 3.8) is 0 Å². The Morgan fingerprint density at radius 1 is 1.07 bits per heavy atom. The molecule has 0 radical (unpaired) electrons. The normalized spacial score (nSPS) is 13.6. The highest BCUT2D eigenvalue weighted by atomic mass is 16.6. The molecule has 0 spiro atoms. The van der Waals surface area contributed by atoms with Gasteiger partial charge in [-0.3, -0.25) is 9.59 Å². The Kier molecular flexibility index (Phi) is 7.38. The van der Waals surface area contributed by atoms with Crippen LogP contribution in [0.25, 0.3) is 0 Å². The van der Waals surface area contributed by atoms with E-state index in [2.05, 4.69) is 20.8 Å². The highest BCUT2D eigenvalue weighted by Crippen LogP contribution is 2.20. The lowest BCUT2D eigenvalue weighted by atomic mass is 9.91. The van der Waals surface area contributed by atoms with Gasteiger partial charge in [-0.2, -0.15) is 5.10 Å². The van der Waals surface area contributed by atoms with Crippen LogP contribution in [0.1, 0.15) is 63.3 Å². The van der Waals surface area contributed by atoms with E-state index in [1.54, 1.807) is 0 Å². The van der Waals surface area contributed by atoms with Gasteiger partial charge in [0.1, 0.15) is 5.60 Å². The minimum atomic E-state index is -0.507. The number of alkyl carbamates (subject to hydrolysis) is 1. The van der Waals surface area contributed by atoms with E-state index < -0.39 is 11.7 Å². The fourth-order valence-corrected chi connectivity index (χ4v) is 3.07. The van der Waals surface area contributed by atoms with Crippen molar-refractivity contribution < 1.29 is 14.3 Å². The number of carbonyl (C=O) groups is 2. The number of nitrogens with one attached hydrogen (secondary N) is 3. The Bertz CT molecular complexity index is 721. The van der Waals surface area contributed by atoms with Crippen molar-refractivity contribution in [1.82, 2.24) is 20.8 Å². The van der Waals surface area contributed by atoms with E-state index in [-0.39, 0.29) is 17.9 Å². The molecule has 8 heteroatoms. The summed E-state index contributed by atoms with van der Waals surface area (Å²) in [4.78, 5) is 35.5. The topological polar surface area (TPSA) is 113 Å². The third kappa shape index (κ3) is 7.03. The first-order valence-corrected chi connectivity index (χ1v) is 9.59. The largest absolute Gasteiger partial charge is 0.444 e. The lowest BCUT2D eigenvalue weighted by Crippen LogP contribution is -2.33. The number of ether oxygens (including phenoxy) is 1. The van der Waals surface area contributed by atoms with Crippen molar-refractivity contribution in [2.45, 2.75) is 71.3 Å². The van der Waals surface area contributed by atoms with Gasteiger partial charge in [0.15, 0.2) is 0 Å². The first kappa shape index (κ1) is 20.9. The predicted octanol–water partition coefficient (Wildman–Crippen LogP) is 1.61. The van der Waals surface area contributed by atoms with Gasteiger partial charge in [0.05, 0.1) is 12.1 Å². The smallest absolute Gasteiger partial charge is 0.407 e. The van der Waals surface area contributed by atoms with Crippen LogP contribution in [0.15, 0.2) is 4.79 Å². The second kappa shape index (κ2) is 9.53. The number of aromatic nitrogens is 2. The summed E-state index contributed by atoms with van der Waals surface area (Å²) in [5.74, 6) is -0.109. The maximum Gasteiger partial charge on any atom is 0.407 e. The molecule has 0 aromatic carbocycles. The van der Waals surface area contributed by atoms with Crippen LogP contribution in [0.5, 0.6) is 0 Å². The monoisotopic (exact) mass is 378 g/mol. The van der Waals surface area contributed by atoms with E-state index in [1.807, 2.05) is 20.8 Å². The number of fused-ring (bicyclic) bond motifs is 1. The quantitative estimate of drug-likeness (QED) is 0.624. The van der Waals surface area contributed by atoms with E-state index in [9.17, 15) is 14.4 Å². The van der Waals surface area contributed by atoms with Gasteiger partial charge < -0.3 is 15.4 Å². The molecule has 0 bridgehead atoms. The van der Waals surface area contributed by atoms with E-state index >= 15 is 0 Å². The summed E-state index contributed by atoms with van der Waals surface area (Å²) in [5.41, 5.74) is 1.77. The standard InChI is InChI=1S/C19H30N4O4/c1-19(2,3)27-18(26)21-11-7-6-10-20-16(24)12-15-13-8-4-5-9-14(13)17(25)23-22-15/h4-12H2,1-3H3,(H,20,24)(H,21,26)(H,23,25). The van der Waals surface area contributed by atoms with Crippen molar-refractivity contribution in [2.24, 2.45) is 0 Å². The van der Waals surface area contributed by atoms with Crippen LogP contribution in [0.4, 0.5) is 4.79 Å². The number of amides is 2. The van der Waals surface area contributed by atoms with Crippen LogP contribution in [-0.4, -0.2) is 40.9 Å². The molecular formula is C19H30N4O4. The summed E-state index contributed by atoms with van der Waals surface area (Å²) in [5, 5.41) is 12.1. The molecular weight excluding hydrogens is 348 g/mol. The summed E-state index contributed by atoms with van der Waals surface area (Å²) in [6, 6.07) is 0. The van der Waals surface area contributed by atoms with Crippen molar-refractivity contribution in [1.29, 1.82) is 0 Å². The average Bonchev–Trinajstić information content (AvgIpc) is 2.59. The zero-order valence-corrected chi connectivity index (χ0v) is 16.4. The highest BCUT2D eigenvalue weighted by Gasteiger charge is 2.19. The second-order valence-corrected chi connectivity index (χ2v) is 7.83. The summed E-state index contributed by atoms with van der Waals surface area (Å²) in [6.07, 6.45) is 4.83. The molecule has 0 fully saturated rings. The molecule has 2 amide bonds. The van der Waals surface area contributed by atoms with Crippen LogP contribution in [0.2, 0.25) is 0 Å². The van der Waals surface area contributed by atoms with Gasteiger partial charge in [-0.15, -0.1) is 0 Å². The van der Waals surface area contributed by atoms with Gasteiger partial charge in [0, 0.05) is 18.7 Å². The van der Waals surface area contributed by atoms with E-state index in [4.69, 9.17) is 4.74 Å². The lowest BCUT2D eigenvalue weighted by molar-refractivity contribution is -0.120. The molecule has 1 aliphatic carbocycles. The molecule has 150 valence electrons. The SMILES string of the molecule is CC(C)(C)OC(=O)NCCCCNC(=O)Cc1n[nH]c(=O)c2c1CCCC2. The van der Waals surface area contributed by atoms with Gasteiger partial charge in [0.2, 0.25) is 5.91 Å². The molecule has 2 rings (SSSR count). The Hall–Kier alpha value is -2.38. The maximum absolute atomic E-state index is 12.1. The molecule has 0 aliphatic heterocycles. The molecule has 1 heterocycles. The third-order valence-corrected chi connectivity index (χ3v) is 4.30. The number of carbonyl (C=O) groups excluding carboxylic acids is 2. The number of nitrogens with zero attached hydrogens (tertiary/aromatic N) is 1. The molecule has 0 saturated carbocycles. The van der Waals surface area contributed by atoms with Gasteiger partial charge in [0.25, 0.3) is 5.56 Å². The van der Waals surface area contributed by atoms with Crippen molar-refractivity contribution in [2.75, 3.05) is 13.1 Å². The second-order valence-electron chi connectivity index (χ2n) is 7.83. The lowest BCUT2D eigenvalue weighted by Gasteiger charge is -2.19. The Morgan fingerprint density at radius 3 is 2.37 bits per heavy atom. The van der Waals surface area contributed by atoms with Crippen molar-refractivity contribution >= 4 is 12.0 Å². The summed E-state index contributed by atoms with van der Waals surface area (Å²) in [7, 11) is 0. The van der Waals surface area contributed by atoms with Crippen LogP contribution in [-0.2, 0) is 28.8 Å². The molecule has 8 nitrogen and oxygen atoms in total. The zero-order valence-electron chi connectivity index (χ0n) is 16.4. The minimum absolute atomic E-state index is 0.109. The molecule has 0 unspecified atom stereocenters. The average molecular weight is 378 g/mol. The van der Waals surface area contributed by atoms with Crippen molar-refractivity contribution in [3.05, 3.63) is 27.2 Å². The van der Waals surface area contributed by atoms with E-state index in [1.165, 1.54) is 0 Å². The molecule has 1 aromatic heterocycles. The molecule has 1 aromatic rings. The van der Waals surface area contributed by atoms with Crippen LogP contribution >= 0.6 is 0 Å². The number of aromatic amines is 1. The minimum Gasteiger partial charge on any atom is -0.444 e. The molecule has 0 saturated heterocycles. The summed E-state index contributed by atoms with van der Waals surface area (Å²) in [6.45, 7) is 6.48. The van der Waals surface area contributed by atoms with Gasteiger partial charge >= 0.3 is 6.09 Å². The van der Waals surface area contributed by atoms with Gasteiger partial charge in [-0.05, 0) is 64.9 Å². The van der Waals surface area contributed by atoms with Gasteiger partial charge in [-0.25, -0.2) is 9.89 Å². The molecule has 0 atom stereocenters. The third-order valence-electron chi connectivity index (χ3n) is 4.30. The summed E-state index contributed by atoms with van der Waals surface area (Å²) < 4.78 is 5.15. The highest BCUT2D eigenvalue weighted by molar-refractivity contribution is 5.78. The predicted molar refractivity (Wildman–Crippen MR) is 102 cm³/mol.